The Bertz CT molecular complexity index is 463. The van der Waals surface area contributed by atoms with Crippen LogP contribution in [0.1, 0.15) is 25.2 Å². The molecule has 18 heavy (non-hydrogen) atoms. The minimum atomic E-state index is -0.114. The van der Waals surface area contributed by atoms with E-state index in [2.05, 4.69) is 10.1 Å². The van der Waals surface area contributed by atoms with Crippen molar-refractivity contribution >= 4 is 34.5 Å². The normalized spacial score (nSPS) is 10.4. The SMILES string of the molecule is CCc1nn(CC)c(CSC(=N)N=C(N)N)c1Cl. The molecule has 0 aliphatic heterocycles. The van der Waals surface area contributed by atoms with Crippen molar-refractivity contribution in [3.05, 3.63) is 16.4 Å². The van der Waals surface area contributed by atoms with Gasteiger partial charge >= 0.3 is 0 Å². The average molecular weight is 289 g/mol. The molecule has 8 heteroatoms. The van der Waals surface area contributed by atoms with Crippen molar-refractivity contribution in [2.45, 2.75) is 32.6 Å². The summed E-state index contributed by atoms with van der Waals surface area (Å²) >= 11 is 7.46. The van der Waals surface area contributed by atoms with Crippen LogP contribution in [0.25, 0.3) is 0 Å². The maximum Gasteiger partial charge on any atom is 0.193 e. The second kappa shape index (κ2) is 6.65. The van der Waals surface area contributed by atoms with Crippen molar-refractivity contribution in [2.75, 3.05) is 0 Å². The minimum Gasteiger partial charge on any atom is -0.370 e. The van der Waals surface area contributed by atoms with Crippen molar-refractivity contribution in [1.29, 1.82) is 5.41 Å². The zero-order chi connectivity index (χ0) is 13.7. The molecule has 6 nitrogen and oxygen atoms in total. The molecule has 0 radical (unpaired) electrons. The highest BCUT2D eigenvalue weighted by molar-refractivity contribution is 8.13. The van der Waals surface area contributed by atoms with Crippen LogP contribution in [0.5, 0.6) is 0 Å². The van der Waals surface area contributed by atoms with Crippen molar-refractivity contribution in [3.8, 4) is 0 Å². The average Bonchev–Trinajstić information content (AvgIpc) is 2.62. The molecule has 0 bridgehead atoms. The fourth-order valence-corrected chi connectivity index (χ4v) is 2.59. The van der Waals surface area contributed by atoms with Crippen molar-refractivity contribution in [3.63, 3.8) is 0 Å². The lowest BCUT2D eigenvalue weighted by molar-refractivity contribution is 0.628. The zero-order valence-electron chi connectivity index (χ0n) is 10.4. The molecule has 0 aliphatic rings. The first kappa shape index (κ1) is 14.8. The highest BCUT2D eigenvalue weighted by atomic mass is 35.5. The molecule has 0 fully saturated rings. The third-order valence-electron chi connectivity index (χ3n) is 2.27. The molecule has 0 amide bonds. The number of aryl methyl sites for hydroxylation is 2. The first-order valence-electron chi connectivity index (χ1n) is 5.54. The van der Waals surface area contributed by atoms with E-state index in [1.54, 1.807) is 0 Å². The second-order valence-electron chi connectivity index (χ2n) is 3.51. The van der Waals surface area contributed by atoms with Gasteiger partial charge in [-0.05, 0) is 13.3 Å². The Morgan fingerprint density at radius 2 is 2.17 bits per heavy atom. The molecule has 0 unspecified atom stereocenters. The molecular weight excluding hydrogens is 272 g/mol. The van der Waals surface area contributed by atoms with Gasteiger partial charge in [0.2, 0.25) is 0 Å². The highest BCUT2D eigenvalue weighted by Gasteiger charge is 2.14. The number of hydrogen-bond acceptors (Lipinski definition) is 3. The Morgan fingerprint density at radius 3 is 2.67 bits per heavy atom. The van der Waals surface area contributed by atoms with Crippen molar-refractivity contribution in [2.24, 2.45) is 16.5 Å². The first-order valence-corrected chi connectivity index (χ1v) is 6.90. The smallest absolute Gasteiger partial charge is 0.193 e. The Hall–Kier alpha value is -1.21. The lowest BCUT2D eigenvalue weighted by Gasteiger charge is -2.04. The molecule has 0 aliphatic carbocycles. The number of nitrogens with zero attached hydrogens (tertiary/aromatic N) is 3. The first-order chi connectivity index (χ1) is 8.49. The second-order valence-corrected chi connectivity index (χ2v) is 4.85. The molecule has 0 spiro atoms. The van der Waals surface area contributed by atoms with E-state index < -0.39 is 0 Å². The van der Waals surface area contributed by atoms with E-state index >= 15 is 0 Å². The van der Waals surface area contributed by atoms with E-state index in [9.17, 15) is 0 Å². The van der Waals surface area contributed by atoms with Crippen LogP contribution in [0.15, 0.2) is 4.99 Å². The predicted octanol–water partition coefficient (Wildman–Crippen LogP) is 1.56. The van der Waals surface area contributed by atoms with E-state index in [0.29, 0.717) is 10.8 Å². The van der Waals surface area contributed by atoms with E-state index in [1.165, 1.54) is 11.8 Å². The number of amidine groups is 1. The number of aromatic nitrogens is 2. The van der Waals surface area contributed by atoms with Gasteiger partial charge in [-0.25, -0.2) is 0 Å². The van der Waals surface area contributed by atoms with E-state index in [0.717, 1.165) is 24.4 Å². The van der Waals surface area contributed by atoms with Crippen LogP contribution in [0, 0.1) is 5.41 Å². The largest absolute Gasteiger partial charge is 0.370 e. The predicted molar refractivity (Wildman–Crippen MR) is 77.1 cm³/mol. The van der Waals surface area contributed by atoms with Crippen LogP contribution in [0.3, 0.4) is 0 Å². The molecule has 0 saturated carbocycles. The lowest BCUT2D eigenvalue weighted by atomic mass is 10.3. The molecule has 1 heterocycles. The van der Waals surface area contributed by atoms with E-state index in [1.807, 2.05) is 18.5 Å². The number of rotatable bonds is 4. The van der Waals surface area contributed by atoms with Gasteiger partial charge in [0, 0.05) is 12.3 Å². The molecular formula is C10H17ClN6S. The quantitative estimate of drug-likeness (QED) is 0.577. The van der Waals surface area contributed by atoms with Crippen LogP contribution in [-0.2, 0) is 18.7 Å². The maximum absolute atomic E-state index is 7.56. The van der Waals surface area contributed by atoms with Crippen molar-refractivity contribution in [1.82, 2.24) is 9.78 Å². The molecule has 5 N–H and O–H groups in total. The van der Waals surface area contributed by atoms with Gasteiger partial charge in [0.05, 0.1) is 16.4 Å². The monoisotopic (exact) mass is 288 g/mol. The number of thioether (sulfide) groups is 1. The summed E-state index contributed by atoms with van der Waals surface area (Å²) in [5.74, 6) is 0.409. The Labute approximate surface area is 115 Å². The fraction of sp³-hybridized carbons (Fsp3) is 0.500. The van der Waals surface area contributed by atoms with Gasteiger partial charge < -0.3 is 11.5 Å². The van der Waals surface area contributed by atoms with Crippen molar-refractivity contribution < 1.29 is 0 Å². The summed E-state index contributed by atoms with van der Waals surface area (Å²) in [6.45, 7) is 4.75. The Balaban J connectivity index is 2.81. The summed E-state index contributed by atoms with van der Waals surface area (Å²) in [5.41, 5.74) is 12.2. The van der Waals surface area contributed by atoms with Gasteiger partial charge in [-0.2, -0.15) is 10.1 Å². The van der Waals surface area contributed by atoms with Gasteiger partial charge in [0.25, 0.3) is 0 Å². The molecule has 1 aromatic rings. The Morgan fingerprint density at radius 1 is 1.50 bits per heavy atom. The lowest BCUT2D eigenvalue weighted by Crippen LogP contribution is -2.23. The molecule has 0 saturated heterocycles. The maximum atomic E-state index is 7.56. The van der Waals surface area contributed by atoms with Crippen LogP contribution in [-0.4, -0.2) is 20.9 Å². The number of halogens is 1. The molecule has 0 aromatic carbocycles. The summed E-state index contributed by atoms with van der Waals surface area (Å²) in [6, 6.07) is 0. The molecule has 100 valence electrons. The molecule has 1 rings (SSSR count). The summed E-state index contributed by atoms with van der Waals surface area (Å²) < 4.78 is 1.84. The van der Waals surface area contributed by atoms with Gasteiger partial charge in [-0.3, -0.25) is 10.1 Å². The summed E-state index contributed by atoms with van der Waals surface area (Å²) in [6.07, 6.45) is 0.787. The third kappa shape index (κ3) is 3.64. The molecule has 1 aromatic heterocycles. The summed E-state index contributed by atoms with van der Waals surface area (Å²) in [7, 11) is 0. The fourth-order valence-electron chi connectivity index (χ4n) is 1.44. The van der Waals surface area contributed by atoms with Crippen LogP contribution in [0.4, 0.5) is 0 Å². The summed E-state index contributed by atoms with van der Waals surface area (Å²) in [5, 5.41) is 12.7. The van der Waals surface area contributed by atoms with Gasteiger partial charge in [-0.1, -0.05) is 30.3 Å². The number of guanidine groups is 1. The van der Waals surface area contributed by atoms with E-state index in [-0.39, 0.29) is 11.1 Å². The zero-order valence-corrected chi connectivity index (χ0v) is 12.0. The van der Waals surface area contributed by atoms with Gasteiger partial charge in [0.15, 0.2) is 11.1 Å². The van der Waals surface area contributed by atoms with Crippen LogP contribution < -0.4 is 11.5 Å². The number of aliphatic imine (C=N–C) groups is 1. The van der Waals surface area contributed by atoms with Crippen LogP contribution in [0.2, 0.25) is 5.02 Å². The standard InChI is InChI=1S/C10H17ClN6S/c1-3-6-8(11)7(17(4-2)16-6)5-18-10(14)15-9(12)13/h3-5H2,1-2H3,(H5,12,13,14,15). The van der Waals surface area contributed by atoms with E-state index in [4.69, 9.17) is 28.5 Å². The highest BCUT2D eigenvalue weighted by Crippen LogP contribution is 2.25. The summed E-state index contributed by atoms with van der Waals surface area (Å²) in [4.78, 5) is 3.65. The van der Waals surface area contributed by atoms with Crippen LogP contribution >= 0.6 is 23.4 Å². The topological polar surface area (TPSA) is 106 Å². The number of nitrogens with two attached hydrogens (primary N) is 2. The Kier molecular flexibility index (Phi) is 5.49. The minimum absolute atomic E-state index is 0.0629. The number of hydrogen-bond donors (Lipinski definition) is 3. The van der Waals surface area contributed by atoms with Gasteiger partial charge in [-0.15, -0.1) is 0 Å². The third-order valence-corrected chi connectivity index (χ3v) is 3.49. The molecule has 0 atom stereocenters. The number of nitrogens with one attached hydrogen (secondary N) is 1. The van der Waals surface area contributed by atoms with Gasteiger partial charge in [0.1, 0.15) is 0 Å².